The van der Waals surface area contributed by atoms with Crippen LogP contribution in [0.15, 0.2) is 48.7 Å². The highest BCUT2D eigenvalue weighted by Gasteiger charge is 2.27. The molecule has 0 saturated heterocycles. The van der Waals surface area contributed by atoms with Crippen molar-refractivity contribution < 1.29 is 9.47 Å². The van der Waals surface area contributed by atoms with Gasteiger partial charge in [-0.25, -0.2) is 9.97 Å². The van der Waals surface area contributed by atoms with Crippen molar-refractivity contribution in [3.8, 4) is 17.6 Å². The highest BCUT2D eigenvalue weighted by atomic mass is 35.5. The molecule has 0 amide bonds. The predicted molar refractivity (Wildman–Crippen MR) is 160 cm³/mol. The van der Waals surface area contributed by atoms with Gasteiger partial charge >= 0.3 is 0 Å². The van der Waals surface area contributed by atoms with Gasteiger partial charge in [-0.1, -0.05) is 77.6 Å². The van der Waals surface area contributed by atoms with Crippen LogP contribution in [-0.4, -0.2) is 27.5 Å². The topological polar surface area (TPSA) is 83.3 Å². The molecular weight excluding hydrogens is 530 g/mol. The highest BCUT2D eigenvalue weighted by molar-refractivity contribution is 7.77. The maximum Gasteiger partial charge on any atom is 0.238 e. The Labute approximate surface area is 243 Å². The predicted octanol–water partition coefficient (Wildman–Crippen LogP) is 7.60. The summed E-state index contributed by atoms with van der Waals surface area (Å²) in [6.07, 6.45) is 4.56. The molecule has 208 valence electrons. The molecule has 39 heavy (non-hydrogen) atoms. The number of nitrogens with one attached hydrogen (secondary N) is 1. The minimum absolute atomic E-state index is 0.0190. The molecule has 0 aliphatic carbocycles. The standard InChI is InChI=1S/C30H38ClN5O2S/c1-7-20(3)15-25(8-2)38-28-21(18-32)16-23(17-27(28)31)30(4,5)22-9-11-26(12-10-22)37-19-24-13-14-33-29(34-24)35-36(6)39/h9-14,16-17,20,25,39H,7-8,15,19H2,1-6H3,(H,33,34,35). The fourth-order valence-corrected chi connectivity index (χ4v) is 4.56. The third kappa shape index (κ3) is 8.25. The van der Waals surface area contributed by atoms with Gasteiger partial charge in [0.25, 0.3) is 0 Å². The largest absolute Gasteiger partial charge is 0.487 e. The van der Waals surface area contributed by atoms with E-state index in [1.807, 2.05) is 36.4 Å². The molecule has 0 spiro atoms. The smallest absolute Gasteiger partial charge is 0.238 e. The van der Waals surface area contributed by atoms with Crippen LogP contribution in [0.3, 0.4) is 0 Å². The number of anilines is 1. The molecule has 2 aromatic carbocycles. The van der Waals surface area contributed by atoms with Gasteiger partial charge in [0.05, 0.1) is 22.4 Å². The van der Waals surface area contributed by atoms with Crippen LogP contribution in [-0.2, 0) is 12.0 Å². The monoisotopic (exact) mass is 567 g/mol. The van der Waals surface area contributed by atoms with Crippen LogP contribution in [0.5, 0.6) is 11.5 Å². The number of aromatic nitrogens is 2. The number of hydrogen-bond donors (Lipinski definition) is 2. The minimum Gasteiger partial charge on any atom is -0.487 e. The molecule has 0 aliphatic rings. The molecule has 1 aromatic heterocycles. The lowest BCUT2D eigenvalue weighted by Gasteiger charge is -2.28. The molecule has 3 aromatic rings. The summed E-state index contributed by atoms with van der Waals surface area (Å²) in [7, 11) is 1.74. The van der Waals surface area contributed by atoms with Crippen molar-refractivity contribution in [2.45, 2.75) is 72.0 Å². The number of hydrazine groups is 1. The SMILES string of the molecule is CCC(C)CC(CC)Oc1c(Cl)cc(C(C)(C)c2ccc(OCc3ccnc(NN(C)S)n3)cc2)cc1C#N. The summed E-state index contributed by atoms with van der Waals surface area (Å²) in [5.41, 5.74) is 5.70. The molecule has 0 aliphatic heterocycles. The summed E-state index contributed by atoms with van der Waals surface area (Å²) in [6.45, 7) is 11.0. The van der Waals surface area contributed by atoms with Gasteiger partial charge in [-0.3, -0.25) is 5.43 Å². The van der Waals surface area contributed by atoms with E-state index in [1.165, 1.54) is 4.41 Å². The Kier molecular flexibility index (Phi) is 10.9. The number of hydrogen-bond acceptors (Lipinski definition) is 8. The Morgan fingerprint density at radius 3 is 2.46 bits per heavy atom. The Bertz CT molecular complexity index is 1280. The van der Waals surface area contributed by atoms with Crippen LogP contribution in [0.25, 0.3) is 0 Å². The summed E-state index contributed by atoms with van der Waals surface area (Å²) in [6, 6.07) is 15.8. The number of nitriles is 1. The summed E-state index contributed by atoms with van der Waals surface area (Å²) in [5.74, 6) is 2.18. The van der Waals surface area contributed by atoms with Gasteiger partial charge in [0.2, 0.25) is 5.95 Å². The maximum absolute atomic E-state index is 9.94. The van der Waals surface area contributed by atoms with E-state index in [-0.39, 0.29) is 6.10 Å². The summed E-state index contributed by atoms with van der Waals surface area (Å²) in [5, 5.41) is 10.4. The molecule has 3 rings (SSSR count). The average Bonchev–Trinajstić information content (AvgIpc) is 2.92. The molecule has 0 fully saturated rings. The second-order valence-corrected chi connectivity index (χ2v) is 11.3. The van der Waals surface area contributed by atoms with Crippen molar-refractivity contribution >= 4 is 30.4 Å². The first-order chi connectivity index (χ1) is 18.6. The Morgan fingerprint density at radius 2 is 1.85 bits per heavy atom. The highest BCUT2D eigenvalue weighted by Crippen LogP contribution is 2.39. The molecule has 2 atom stereocenters. The lowest BCUT2D eigenvalue weighted by molar-refractivity contribution is 0.165. The second kappa shape index (κ2) is 13.9. The second-order valence-electron chi connectivity index (χ2n) is 10.3. The van der Waals surface area contributed by atoms with Crippen molar-refractivity contribution in [3.05, 3.63) is 76.1 Å². The molecule has 9 heteroatoms. The Hall–Kier alpha value is -2.99. The number of halogens is 1. The fraction of sp³-hybridized carbons (Fsp3) is 0.433. The molecule has 0 saturated carbocycles. The van der Waals surface area contributed by atoms with Crippen LogP contribution in [0.4, 0.5) is 5.95 Å². The minimum atomic E-state index is -0.403. The van der Waals surface area contributed by atoms with E-state index < -0.39 is 5.41 Å². The maximum atomic E-state index is 9.94. The van der Waals surface area contributed by atoms with E-state index >= 15 is 0 Å². The number of nitrogens with zero attached hydrogens (tertiary/aromatic N) is 4. The van der Waals surface area contributed by atoms with Crippen molar-refractivity contribution in [2.24, 2.45) is 5.92 Å². The van der Waals surface area contributed by atoms with Crippen LogP contribution >= 0.6 is 24.4 Å². The zero-order valence-corrected chi connectivity index (χ0v) is 25.2. The van der Waals surface area contributed by atoms with Crippen LogP contribution in [0.2, 0.25) is 5.02 Å². The average molecular weight is 568 g/mol. The van der Waals surface area contributed by atoms with Gasteiger partial charge < -0.3 is 9.47 Å². The van der Waals surface area contributed by atoms with Gasteiger partial charge in [0, 0.05) is 18.7 Å². The molecule has 2 unspecified atom stereocenters. The Balaban J connectivity index is 1.76. The molecule has 1 N–H and O–H groups in total. The summed E-state index contributed by atoms with van der Waals surface area (Å²) >= 11 is 10.9. The first kappa shape index (κ1) is 30.6. The normalized spacial score (nSPS) is 13.0. The summed E-state index contributed by atoms with van der Waals surface area (Å²) in [4.78, 5) is 8.56. The van der Waals surface area contributed by atoms with E-state index in [2.05, 4.69) is 68.9 Å². The molecule has 0 bridgehead atoms. The van der Waals surface area contributed by atoms with Crippen molar-refractivity contribution in [1.82, 2.24) is 14.4 Å². The van der Waals surface area contributed by atoms with Gasteiger partial charge in [0.15, 0.2) is 5.75 Å². The molecule has 7 nitrogen and oxygen atoms in total. The third-order valence-electron chi connectivity index (χ3n) is 6.93. The van der Waals surface area contributed by atoms with Crippen LogP contribution in [0, 0.1) is 17.2 Å². The van der Waals surface area contributed by atoms with Crippen molar-refractivity contribution in [2.75, 3.05) is 12.5 Å². The van der Waals surface area contributed by atoms with Gasteiger partial charge in [-0.05, 0) is 60.2 Å². The lowest BCUT2D eigenvalue weighted by atomic mass is 9.77. The van der Waals surface area contributed by atoms with Crippen molar-refractivity contribution in [3.63, 3.8) is 0 Å². The number of benzene rings is 2. The molecule has 0 radical (unpaired) electrons. The number of thiol groups is 1. The van der Waals surface area contributed by atoms with E-state index in [4.69, 9.17) is 21.1 Å². The van der Waals surface area contributed by atoms with Crippen LogP contribution < -0.4 is 14.9 Å². The third-order valence-corrected chi connectivity index (χ3v) is 7.31. The zero-order valence-electron chi connectivity index (χ0n) is 23.5. The van der Waals surface area contributed by atoms with Crippen molar-refractivity contribution in [1.29, 1.82) is 5.26 Å². The van der Waals surface area contributed by atoms with Gasteiger partial charge in [-0.2, -0.15) is 9.68 Å². The van der Waals surface area contributed by atoms with E-state index in [1.54, 1.807) is 19.3 Å². The summed E-state index contributed by atoms with van der Waals surface area (Å²) < 4.78 is 13.7. The zero-order chi connectivity index (χ0) is 28.6. The number of rotatable bonds is 13. The first-order valence-electron chi connectivity index (χ1n) is 13.2. The Morgan fingerprint density at radius 1 is 1.13 bits per heavy atom. The lowest BCUT2D eigenvalue weighted by Crippen LogP contribution is -2.21. The van der Waals surface area contributed by atoms with Gasteiger partial charge in [0.1, 0.15) is 18.4 Å². The molecule has 1 heterocycles. The van der Waals surface area contributed by atoms with Crippen LogP contribution in [0.1, 0.15) is 76.3 Å². The van der Waals surface area contributed by atoms with E-state index in [0.29, 0.717) is 34.8 Å². The quantitative estimate of drug-likeness (QED) is 0.162. The molecular formula is C30H38ClN5O2S. The fourth-order valence-electron chi connectivity index (χ4n) is 4.20. The van der Waals surface area contributed by atoms with Gasteiger partial charge in [-0.15, -0.1) is 0 Å². The van der Waals surface area contributed by atoms with E-state index in [0.717, 1.165) is 41.8 Å². The van der Waals surface area contributed by atoms with E-state index in [9.17, 15) is 5.26 Å². The number of ether oxygens (including phenoxy) is 2. The first-order valence-corrected chi connectivity index (χ1v) is 14.0.